The van der Waals surface area contributed by atoms with Crippen LogP contribution in [-0.4, -0.2) is 30.6 Å². The van der Waals surface area contributed by atoms with Gasteiger partial charge in [0.05, 0.1) is 6.04 Å². The molecular weight excluding hydrogens is 226 g/mol. The van der Waals surface area contributed by atoms with E-state index < -0.39 is 0 Å². The molecule has 3 nitrogen and oxygen atoms in total. The Bertz CT molecular complexity index is 417. The quantitative estimate of drug-likeness (QED) is 0.818. The Morgan fingerprint density at radius 2 is 2.17 bits per heavy atom. The van der Waals surface area contributed by atoms with Crippen molar-refractivity contribution in [2.24, 2.45) is 0 Å². The molecule has 2 rings (SSSR count). The minimum Gasteiger partial charge on any atom is -0.372 e. The van der Waals surface area contributed by atoms with Gasteiger partial charge in [0, 0.05) is 13.2 Å². The Morgan fingerprint density at radius 3 is 2.89 bits per heavy atom. The predicted octanol–water partition coefficient (Wildman–Crippen LogP) is 2.56. The molecule has 0 N–H and O–H groups in total. The molecule has 1 aliphatic rings. The second-order valence-electron chi connectivity index (χ2n) is 4.60. The summed E-state index contributed by atoms with van der Waals surface area (Å²) in [7, 11) is 0. The summed E-state index contributed by atoms with van der Waals surface area (Å²) in [6.07, 6.45) is 1.90. The van der Waals surface area contributed by atoms with Gasteiger partial charge in [0.25, 0.3) is 0 Å². The fourth-order valence-corrected chi connectivity index (χ4v) is 2.66. The zero-order chi connectivity index (χ0) is 13.0. The number of amides is 1. The van der Waals surface area contributed by atoms with E-state index in [-0.39, 0.29) is 18.6 Å². The number of fused-ring (bicyclic) bond motifs is 1. The van der Waals surface area contributed by atoms with Crippen LogP contribution < -0.4 is 0 Å². The van der Waals surface area contributed by atoms with Crippen LogP contribution in [0, 0.1) is 0 Å². The number of nitrogens with zero attached hydrogens (tertiary/aromatic N) is 1. The Kier molecular flexibility index (Phi) is 4.37. The molecule has 0 radical (unpaired) electrons. The number of benzene rings is 1. The summed E-state index contributed by atoms with van der Waals surface area (Å²) in [6.45, 7) is 5.65. The van der Waals surface area contributed by atoms with Crippen molar-refractivity contribution in [3.63, 3.8) is 0 Å². The number of hydrogen-bond acceptors (Lipinski definition) is 2. The van der Waals surface area contributed by atoms with Gasteiger partial charge in [-0.25, -0.2) is 0 Å². The topological polar surface area (TPSA) is 29.5 Å². The predicted molar refractivity (Wildman–Crippen MR) is 71.4 cm³/mol. The fourth-order valence-electron chi connectivity index (χ4n) is 2.66. The highest BCUT2D eigenvalue weighted by atomic mass is 16.5. The van der Waals surface area contributed by atoms with Crippen molar-refractivity contribution >= 4 is 5.91 Å². The van der Waals surface area contributed by atoms with Gasteiger partial charge < -0.3 is 9.64 Å². The molecule has 0 saturated carbocycles. The molecule has 0 fully saturated rings. The molecule has 1 aromatic carbocycles. The van der Waals surface area contributed by atoms with E-state index in [1.807, 2.05) is 11.8 Å². The third-order valence-corrected chi connectivity index (χ3v) is 3.55. The molecule has 0 unspecified atom stereocenters. The van der Waals surface area contributed by atoms with Crippen LogP contribution in [0.15, 0.2) is 24.3 Å². The molecule has 18 heavy (non-hydrogen) atoms. The molecule has 0 aromatic heterocycles. The van der Waals surface area contributed by atoms with E-state index in [1.165, 1.54) is 11.1 Å². The van der Waals surface area contributed by atoms with Crippen molar-refractivity contribution in [1.29, 1.82) is 0 Å². The highest BCUT2D eigenvalue weighted by Crippen LogP contribution is 2.31. The van der Waals surface area contributed by atoms with Gasteiger partial charge in [0.15, 0.2) is 0 Å². The molecule has 0 saturated heterocycles. The van der Waals surface area contributed by atoms with Crippen molar-refractivity contribution in [2.75, 3.05) is 19.8 Å². The van der Waals surface area contributed by atoms with E-state index in [1.54, 1.807) is 0 Å². The van der Waals surface area contributed by atoms with Crippen molar-refractivity contribution in [1.82, 2.24) is 4.90 Å². The molecule has 1 aromatic rings. The molecule has 0 spiro atoms. The lowest BCUT2D eigenvalue weighted by Gasteiger charge is -2.37. The van der Waals surface area contributed by atoms with Gasteiger partial charge in [-0.15, -0.1) is 0 Å². The molecule has 3 heteroatoms. The van der Waals surface area contributed by atoms with Crippen LogP contribution >= 0.6 is 0 Å². The SMILES string of the molecule is CCOCC(=O)N1CCc2ccccc2[C@@H]1CC. The first-order chi connectivity index (χ1) is 8.77. The molecule has 1 aliphatic heterocycles. The molecule has 0 aliphatic carbocycles. The molecule has 0 bridgehead atoms. The molecular formula is C15H21NO2. The highest BCUT2D eigenvalue weighted by Gasteiger charge is 2.28. The van der Waals surface area contributed by atoms with Crippen LogP contribution in [-0.2, 0) is 16.0 Å². The number of carbonyl (C=O) groups is 1. The van der Waals surface area contributed by atoms with Gasteiger partial charge in [-0.3, -0.25) is 4.79 Å². The highest BCUT2D eigenvalue weighted by molar-refractivity contribution is 5.78. The van der Waals surface area contributed by atoms with Crippen LogP contribution in [0.25, 0.3) is 0 Å². The fraction of sp³-hybridized carbons (Fsp3) is 0.533. The minimum atomic E-state index is 0.109. The second-order valence-corrected chi connectivity index (χ2v) is 4.60. The maximum atomic E-state index is 12.1. The lowest BCUT2D eigenvalue weighted by atomic mass is 9.91. The van der Waals surface area contributed by atoms with Crippen molar-refractivity contribution in [3.8, 4) is 0 Å². The number of rotatable bonds is 4. The minimum absolute atomic E-state index is 0.109. The average molecular weight is 247 g/mol. The zero-order valence-corrected chi connectivity index (χ0v) is 11.2. The normalized spacial score (nSPS) is 18.6. The Morgan fingerprint density at radius 1 is 1.39 bits per heavy atom. The van der Waals surface area contributed by atoms with Gasteiger partial charge in [0.1, 0.15) is 6.61 Å². The number of ether oxygens (including phenoxy) is 1. The van der Waals surface area contributed by atoms with Crippen LogP contribution in [0.1, 0.15) is 37.4 Å². The Hall–Kier alpha value is -1.35. The van der Waals surface area contributed by atoms with E-state index in [0.29, 0.717) is 6.61 Å². The summed E-state index contributed by atoms with van der Waals surface area (Å²) in [5, 5.41) is 0. The smallest absolute Gasteiger partial charge is 0.249 e. The van der Waals surface area contributed by atoms with E-state index in [2.05, 4.69) is 31.2 Å². The van der Waals surface area contributed by atoms with Crippen molar-refractivity contribution < 1.29 is 9.53 Å². The zero-order valence-electron chi connectivity index (χ0n) is 11.2. The van der Waals surface area contributed by atoms with E-state index >= 15 is 0 Å². The largest absolute Gasteiger partial charge is 0.372 e. The van der Waals surface area contributed by atoms with E-state index in [4.69, 9.17) is 4.74 Å². The first-order valence-electron chi connectivity index (χ1n) is 6.73. The van der Waals surface area contributed by atoms with Gasteiger partial charge in [0.2, 0.25) is 5.91 Å². The number of carbonyl (C=O) groups excluding carboxylic acids is 1. The van der Waals surface area contributed by atoms with Crippen LogP contribution in [0.2, 0.25) is 0 Å². The van der Waals surface area contributed by atoms with Crippen molar-refractivity contribution in [3.05, 3.63) is 35.4 Å². The number of hydrogen-bond donors (Lipinski definition) is 0. The summed E-state index contributed by atoms with van der Waals surface area (Å²) in [5.41, 5.74) is 2.68. The summed E-state index contributed by atoms with van der Waals surface area (Å²) < 4.78 is 5.24. The summed E-state index contributed by atoms with van der Waals surface area (Å²) in [4.78, 5) is 14.1. The van der Waals surface area contributed by atoms with Crippen molar-refractivity contribution in [2.45, 2.75) is 32.7 Å². The lowest BCUT2D eigenvalue weighted by molar-refractivity contribution is -0.139. The molecule has 98 valence electrons. The van der Waals surface area contributed by atoms with Gasteiger partial charge in [-0.05, 0) is 30.9 Å². The third kappa shape index (κ3) is 2.56. The van der Waals surface area contributed by atoms with Gasteiger partial charge in [-0.2, -0.15) is 0 Å². The van der Waals surface area contributed by atoms with Crippen LogP contribution in [0.3, 0.4) is 0 Å². The van der Waals surface area contributed by atoms with Crippen LogP contribution in [0.4, 0.5) is 0 Å². The maximum Gasteiger partial charge on any atom is 0.249 e. The third-order valence-electron chi connectivity index (χ3n) is 3.55. The maximum absolute atomic E-state index is 12.1. The average Bonchev–Trinajstić information content (AvgIpc) is 2.43. The van der Waals surface area contributed by atoms with Gasteiger partial charge in [-0.1, -0.05) is 31.2 Å². The lowest BCUT2D eigenvalue weighted by Crippen LogP contribution is -2.41. The second kappa shape index (κ2) is 6.01. The first-order valence-corrected chi connectivity index (χ1v) is 6.73. The summed E-state index contributed by atoms with van der Waals surface area (Å²) in [5.74, 6) is 0.109. The summed E-state index contributed by atoms with van der Waals surface area (Å²) >= 11 is 0. The molecule has 1 heterocycles. The Balaban J connectivity index is 2.17. The van der Waals surface area contributed by atoms with Gasteiger partial charge >= 0.3 is 0 Å². The standard InChI is InChI=1S/C15H21NO2/c1-3-14-13-8-6-5-7-12(13)9-10-16(14)15(17)11-18-4-2/h5-8,14H,3-4,9-11H2,1-2H3/t14-/m0/s1. The summed E-state index contributed by atoms with van der Waals surface area (Å²) in [6, 6.07) is 8.65. The Labute approximate surface area is 109 Å². The first kappa shape index (κ1) is 13.1. The monoisotopic (exact) mass is 247 g/mol. The van der Waals surface area contributed by atoms with Crippen LogP contribution in [0.5, 0.6) is 0 Å². The van der Waals surface area contributed by atoms with E-state index in [9.17, 15) is 4.79 Å². The van der Waals surface area contributed by atoms with E-state index in [0.717, 1.165) is 19.4 Å². The molecule has 1 amide bonds. The molecule has 1 atom stereocenters.